The predicted octanol–water partition coefficient (Wildman–Crippen LogP) is 1.65. The Morgan fingerprint density at radius 1 is 1.19 bits per heavy atom. The molecule has 0 aliphatic carbocycles. The normalized spacial score (nSPS) is 20.8. The van der Waals surface area contributed by atoms with E-state index in [4.69, 9.17) is 4.42 Å². The monoisotopic (exact) mass is 354 g/mol. The number of aromatic nitrogens is 1. The minimum Gasteiger partial charge on any atom is -0.444 e. The van der Waals surface area contributed by atoms with Gasteiger partial charge in [-0.1, -0.05) is 24.3 Å². The largest absolute Gasteiger partial charge is 0.444 e. The van der Waals surface area contributed by atoms with Gasteiger partial charge >= 0.3 is 0 Å². The number of piperazine rings is 1. The highest BCUT2D eigenvalue weighted by molar-refractivity contribution is 5.82. The van der Waals surface area contributed by atoms with Crippen molar-refractivity contribution in [3.8, 4) is 0 Å². The first-order valence-electron chi connectivity index (χ1n) is 9.34. The zero-order chi connectivity index (χ0) is 18.1. The van der Waals surface area contributed by atoms with Gasteiger partial charge < -0.3 is 14.6 Å². The molecule has 2 aromatic rings. The summed E-state index contributed by atoms with van der Waals surface area (Å²) in [6.07, 6.45) is 0.782. The molecule has 2 aliphatic rings. The van der Waals surface area contributed by atoms with Gasteiger partial charge in [0.25, 0.3) is 0 Å². The Bertz CT molecular complexity index is 773. The summed E-state index contributed by atoms with van der Waals surface area (Å²) in [5.41, 5.74) is 3.55. The van der Waals surface area contributed by atoms with Gasteiger partial charge in [-0.05, 0) is 31.4 Å². The second-order valence-electron chi connectivity index (χ2n) is 7.26. The first kappa shape index (κ1) is 17.2. The molecular weight excluding hydrogens is 328 g/mol. The van der Waals surface area contributed by atoms with Crippen LogP contribution >= 0.6 is 0 Å². The number of carbonyl (C=O) groups excluding carboxylic acids is 1. The van der Waals surface area contributed by atoms with Crippen molar-refractivity contribution in [1.29, 1.82) is 0 Å². The van der Waals surface area contributed by atoms with E-state index in [0.29, 0.717) is 6.54 Å². The molecule has 138 valence electrons. The molecule has 0 unspecified atom stereocenters. The summed E-state index contributed by atoms with van der Waals surface area (Å²) in [5, 5.41) is 3.40. The third kappa shape index (κ3) is 3.52. The quantitative estimate of drug-likeness (QED) is 0.908. The second kappa shape index (κ2) is 7.21. The van der Waals surface area contributed by atoms with Crippen LogP contribution in [0.1, 0.15) is 28.5 Å². The number of nitrogens with zero attached hydrogens (tertiary/aromatic N) is 3. The second-order valence-corrected chi connectivity index (χ2v) is 7.26. The van der Waals surface area contributed by atoms with E-state index >= 15 is 0 Å². The summed E-state index contributed by atoms with van der Waals surface area (Å²) < 4.78 is 5.68. The third-order valence-corrected chi connectivity index (χ3v) is 5.50. The zero-order valence-electron chi connectivity index (χ0n) is 15.5. The van der Waals surface area contributed by atoms with Crippen LogP contribution in [0.5, 0.6) is 0 Å². The molecule has 3 heterocycles. The summed E-state index contributed by atoms with van der Waals surface area (Å²) in [5.74, 6) is 1.88. The van der Waals surface area contributed by atoms with Crippen LogP contribution in [0.15, 0.2) is 28.7 Å². The molecule has 1 fully saturated rings. The van der Waals surface area contributed by atoms with Crippen molar-refractivity contribution in [3.05, 3.63) is 52.7 Å². The number of carbonyl (C=O) groups is 1. The summed E-state index contributed by atoms with van der Waals surface area (Å²) in [4.78, 5) is 21.6. The van der Waals surface area contributed by atoms with Crippen LogP contribution in [0.3, 0.4) is 0 Å². The number of hydrogen-bond acceptors (Lipinski definition) is 5. The number of benzene rings is 1. The van der Waals surface area contributed by atoms with Crippen molar-refractivity contribution >= 4 is 5.91 Å². The fourth-order valence-corrected chi connectivity index (χ4v) is 3.77. The number of oxazole rings is 1. The number of amides is 1. The van der Waals surface area contributed by atoms with E-state index in [0.717, 1.165) is 56.5 Å². The van der Waals surface area contributed by atoms with Gasteiger partial charge in [0, 0.05) is 32.7 Å². The van der Waals surface area contributed by atoms with Crippen LogP contribution in [-0.2, 0) is 24.3 Å². The lowest BCUT2D eigenvalue weighted by atomic mass is 9.95. The van der Waals surface area contributed by atoms with Gasteiger partial charge in [-0.15, -0.1) is 0 Å². The topological polar surface area (TPSA) is 61.6 Å². The van der Waals surface area contributed by atoms with Gasteiger partial charge in [-0.3, -0.25) is 9.69 Å². The first-order valence-corrected chi connectivity index (χ1v) is 9.34. The Morgan fingerprint density at radius 2 is 1.92 bits per heavy atom. The van der Waals surface area contributed by atoms with E-state index in [1.165, 1.54) is 11.1 Å². The van der Waals surface area contributed by atoms with Gasteiger partial charge in [-0.25, -0.2) is 4.98 Å². The molecule has 6 nitrogen and oxygen atoms in total. The maximum atomic E-state index is 12.9. The molecule has 1 N–H and O–H groups in total. The molecule has 1 aromatic carbocycles. The van der Waals surface area contributed by atoms with E-state index < -0.39 is 0 Å². The third-order valence-electron chi connectivity index (χ3n) is 5.50. The molecule has 26 heavy (non-hydrogen) atoms. The molecule has 6 heteroatoms. The van der Waals surface area contributed by atoms with Crippen LogP contribution < -0.4 is 5.32 Å². The maximum Gasteiger partial charge on any atom is 0.240 e. The molecule has 1 saturated heterocycles. The number of hydrogen-bond donors (Lipinski definition) is 1. The highest BCUT2D eigenvalue weighted by Gasteiger charge is 2.30. The Kier molecular flexibility index (Phi) is 4.78. The molecule has 0 radical (unpaired) electrons. The Labute approximate surface area is 154 Å². The van der Waals surface area contributed by atoms with E-state index in [9.17, 15) is 4.79 Å². The molecule has 0 spiro atoms. The van der Waals surface area contributed by atoms with Crippen LogP contribution in [-0.4, -0.2) is 52.9 Å². The smallest absolute Gasteiger partial charge is 0.240 e. The van der Waals surface area contributed by atoms with Gasteiger partial charge in [0.2, 0.25) is 11.8 Å². The lowest BCUT2D eigenvalue weighted by molar-refractivity contribution is -0.135. The average molecular weight is 354 g/mol. The van der Waals surface area contributed by atoms with Crippen LogP contribution in [0.25, 0.3) is 0 Å². The molecule has 1 amide bonds. The van der Waals surface area contributed by atoms with E-state index in [2.05, 4.69) is 39.5 Å². The van der Waals surface area contributed by atoms with Crippen molar-refractivity contribution in [2.45, 2.75) is 39.4 Å². The molecule has 0 saturated carbocycles. The Morgan fingerprint density at radius 3 is 2.62 bits per heavy atom. The highest BCUT2D eigenvalue weighted by atomic mass is 16.4. The van der Waals surface area contributed by atoms with Crippen molar-refractivity contribution < 1.29 is 9.21 Å². The Hall–Kier alpha value is -2.18. The molecule has 1 aromatic heterocycles. The van der Waals surface area contributed by atoms with Crippen molar-refractivity contribution in [3.63, 3.8) is 0 Å². The number of rotatable bonds is 3. The average Bonchev–Trinajstić information content (AvgIpc) is 2.98. The Balaban J connectivity index is 1.31. The minimum atomic E-state index is -0.103. The zero-order valence-corrected chi connectivity index (χ0v) is 15.5. The number of fused-ring (bicyclic) bond motifs is 1. The fraction of sp³-hybridized carbons (Fsp3) is 0.500. The maximum absolute atomic E-state index is 12.9. The molecule has 0 bridgehead atoms. The molecular formula is C20H26N4O2. The summed E-state index contributed by atoms with van der Waals surface area (Å²) in [7, 11) is 0. The van der Waals surface area contributed by atoms with E-state index in [-0.39, 0.29) is 11.9 Å². The number of aryl methyl sites for hydroxylation is 2. The number of nitrogens with one attached hydrogen (secondary N) is 1. The van der Waals surface area contributed by atoms with Gasteiger partial charge in [0.15, 0.2) is 0 Å². The van der Waals surface area contributed by atoms with Gasteiger partial charge in [-0.2, -0.15) is 0 Å². The SMILES string of the molecule is Cc1nc(CN2CCN(C(=O)[C@H]3Cc4ccccc4CN3)CC2)oc1C. The first-order chi connectivity index (χ1) is 12.6. The predicted molar refractivity (Wildman–Crippen MR) is 98.6 cm³/mol. The summed E-state index contributed by atoms with van der Waals surface area (Å²) >= 11 is 0. The van der Waals surface area contributed by atoms with E-state index in [1.54, 1.807) is 0 Å². The van der Waals surface area contributed by atoms with Crippen LogP contribution in [0.4, 0.5) is 0 Å². The summed E-state index contributed by atoms with van der Waals surface area (Å²) in [6.45, 7) is 8.63. The lowest BCUT2D eigenvalue weighted by Gasteiger charge is -2.37. The molecule has 2 aliphatic heterocycles. The molecule has 1 atom stereocenters. The van der Waals surface area contributed by atoms with Crippen LogP contribution in [0, 0.1) is 13.8 Å². The minimum absolute atomic E-state index is 0.103. The van der Waals surface area contributed by atoms with Crippen molar-refractivity contribution in [1.82, 2.24) is 20.1 Å². The van der Waals surface area contributed by atoms with Crippen LogP contribution in [0.2, 0.25) is 0 Å². The van der Waals surface area contributed by atoms with E-state index in [1.807, 2.05) is 18.7 Å². The van der Waals surface area contributed by atoms with Crippen molar-refractivity contribution in [2.24, 2.45) is 0 Å². The van der Waals surface area contributed by atoms with Gasteiger partial charge in [0.05, 0.1) is 18.3 Å². The lowest BCUT2D eigenvalue weighted by Crippen LogP contribution is -2.55. The van der Waals surface area contributed by atoms with Gasteiger partial charge in [0.1, 0.15) is 5.76 Å². The summed E-state index contributed by atoms with van der Waals surface area (Å²) in [6, 6.07) is 8.27. The highest BCUT2D eigenvalue weighted by Crippen LogP contribution is 2.18. The van der Waals surface area contributed by atoms with Crippen molar-refractivity contribution in [2.75, 3.05) is 26.2 Å². The fourth-order valence-electron chi connectivity index (χ4n) is 3.77. The standard InChI is InChI=1S/C20H26N4O2/c1-14-15(2)26-19(22-14)13-23-7-9-24(10-8-23)20(25)18-11-16-5-3-4-6-17(16)12-21-18/h3-6,18,21H,7-13H2,1-2H3/t18-/m1/s1. The molecule has 4 rings (SSSR count).